The zero-order chi connectivity index (χ0) is 53.5. The van der Waals surface area contributed by atoms with Gasteiger partial charge in [-0.05, 0) is 105 Å². The molecule has 0 spiro atoms. The Morgan fingerprint density at radius 3 is 1.76 bits per heavy atom. The monoisotopic (exact) mass is 1040 g/mol. The number of nitrogens with two attached hydrogens (primary N) is 1. The van der Waals surface area contributed by atoms with Crippen molar-refractivity contribution in [1.82, 2.24) is 5.32 Å². The van der Waals surface area contributed by atoms with Crippen molar-refractivity contribution in [1.29, 1.82) is 0 Å². The number of hydrogen-bond acceptors (Lipinski definition) is 16. The first-order valence-corrected chi connectivity index (χ1v) is 25.6. The number of amides is 2. The summed E-state index contributed by atoms with van der Waals surface area (Å²) in [6, 6.07) is 30.5. The van der Waals surface area contributed by atoms with Gasteiger partial charge in [-0.1, -0.05) is 37.1 Å². The van der Waals surface area contributed by atoms with Crippen LogP contribution in [0.25, 0.3) is 0 Å². The predicted molar refractivity (Wildman–Crippen MR) is 277 cm³/mol. The Kier molecular flexibility index (Phi) is 22.9. The van der Waals surface area contributed by atoms with E-state index in [0.29, 0.717) is 76.5 Å². The molecular weight excluding hydrogens is 974 g/mol. The first-order valence-electron chi connectivity index (χ1n) is 24.1. The molecule has 0 heterocycles. The molecule has 0 radical (unpaired) electrons. The number of unbranched alkanes of at least 4 members (excludes halogenated alkanes) is 2. The zero-order valence-corrected chi connectivity index (χ0v) is 43.3. The van der Waals surface area contributed by atoms with Gasteiger partial charge in [-0.3, -0.25) is 23.7 Å². The topological polar surface area (TPSA) is 252 Å². The number of anilines is 2. The molecule has 5 N–H and O–H groups in total. The Morgan fingerprint density at radius 1 is 0.608 bits per heavy atom. The third kappa shape index (κ3) is 20.6. The predicted octanol–water partition coefficient (Wildman–Crippen LogP) is 7.67. The number of phosphoric acid groups is 1. The largest absolute Gasteiger partial charge is 0.756 e. The number of quaternary nitrogens is 1. The molecule has 0 saturated heterocycles. The van der Waals surface area contributed by atoms with Crippen LogP contribution in [-0.4, -0.2) is 127 Å². The average Bonchev–Trinajstić information content (AvgIpc) is 3.37. The second-order valence-electron chi connectivity index (χ2n) is 17.9. The molecule has 19 nitrogen and oxygen atoms in total. The highest BCUT2D eigenvalue weighted by Gasteiger charge is 2.19. The maximum Gasteiger partial charge on any atom is 0.338 e. The van der Waals surface area contributed by atoms with Gasteiger partial charge in [0.25, 0.3) is 19.6 Å². The van der Waals surface area contributed by atoms with Crippen molar-refractivity contribution in [3.8, 4) is 23.0 Å². The van der Waals surface area contributed by atoms with Gasteiger partial charge in [-0.2, -0.15) is 0 Å². The van der Waals surface area contributed by atoms with Gasteiger partial charge in [-0.25, -0.2) is 4.79 Å². The molecular formula is C54H66N5O14P. The van der Waals surface area contributed by atoms with Crippen molar-refractivity contribution in [2.24, 2.45) is 5.73 Å². The number of carbonyl (C=O) groups excluding carboxylic acids is 5. The first-order chi connectivity index (χ1) is 35.4. The van der Waals surface area contributed by atoms with Crippen molar-refractivity contribution in [2.75, 3.05) is 98.2 Å². The van der Waals surface area contributed by atoms with Gasteiger partial charge in [0.05, 0.1) is 65.8 Å². The van der Waals surface area contributed by atoms with Crippen LogP contribution in [0.1, 0.15) is 84.4 Å². The number of rotatable bonds is 32. The Balaban J connectivity index is 1.07. The minimum Gasteiger partial charge on any atom is -0.756 e. The zero-order valence-electron chi connectivity index (χ0n) is 42.4. The third-order valence-electron chi connectivity index (χ3n) is 10.9. The summed E-state index contributed by atoms with van der Waals surface area (Å²) in [5.74, 6) is -0.324. The summed E-state index contributed by atoms with van der Waals surface area (Å²) in [6.45, 7) is 2.47. The van der Waals surface area contributed by atoms with E-state index in [0.717, 1.165) is 12.1 Å². The van der Waals surface area contributed by atoms with Crippen LogP contribution in [0, 0.1) is 0 Å². The minimum absolute atomic E-state index is 0.00209. The van der Waals surface area contributed by atoms with Crippen LogP contribution in [-0.2, 0) is 27.8 Å². The van der Waals surface area contributed by atoms with Gasteiger partial charge >= 0.3 is 5.97 Å². The standard InChI is InChI=1S/C54H66N5O14P/c1-38(60)39-11-9-13-41(33-39)52(62)57-24-8-6-7-15-50(55)51(61)40-12-10-14-42(34-40)53(63)58-45-18-22-47(23-19-45)73-49-36-43(35-48(37-49)72-46-20-16-44(56-2)17-21-46)54(64)69-31-29-67-27-28-68-30-32-71-74(65,66)70-26-25-59(3,4)5/h9-14,16-23,33-37,50,56H,6-8,15,24-32,55H2,1-5H3,(H2-,57,58,62,63,65,66). The van der Waals surface area contributed by atoms with Crippen LogP contribution < -0.4 is 36.1 Å². The highest BCUT2D eigenvalue weighted by atomic mass is 31.2. The van der Waals surface area contributed by atoms with E-state index in [-0.39, 0.29) is 80.6 Å². The molecule has 2 atom stereocenters. The number of hydrogen-bond donors (Lipinski definition) is 4. The molecule has 0 saturated carbocycles. The number of likely N-dealkylation sites (N-methyl/N-ethyl adjacent to an activating group) is 1. The summed E-state index contributed by atoms with van der Waals surface area (Å²) in [5, 5.41) is 8.74. The van der Waals surface area contributed by atoms with Gasteiger partial charge in [0, 0.05) is 53.3 Å². The smallest absolute Gasteiger partial charge is 0.338 e. The lowest BCUT2D eigenvalue weighted by Crippen LogP contribution is -2.37. The van der Waals surface area contributed by atoms with E-state index in [1.54, 1.807) is 92.0 Å². The Hall–Kier alpha value is -6.80. The number of nitrogens with one attached hydrogen (secondary N) is 3. The normalized spacial score (nSPS) is 12.5. The summed E-state index contributed by atoms with van der Waals surface area (Å²) in [7, 11) is 3.12. The van der Waals surface area contributed by atoms with Crippen LogP contribution in [0.15, 0.2) is 115 Å². The van der Waals surface area contributed by atoms with Gasteiger partial charge in [0.1, 0.15) is 42.8 Å². The molecule has 5 rings (SSSR count). The lowest BCUT2D eigenvalue weighted by atomic mass is 9.98. The molecule has 0 aliphatic rings. The highest BCUT2D eigenvalue weighted by Crippen LogP contribution is 2.38. The molecule has 396 valence electrons. The summed E-state index contributed by atoms with van der Waals surface area (Å²) >= 11 is 0. The van der Waals surface area contributed by atoms with Crippen molar-refractivity contribution in [3.63, 3.8) is 0 Å². The molecule has 0 aliphatic carbocycles. The third-order valence-corrected chi connectivity index (χ3v) is 11.9. The van der Waals surface area contributed by atoms with E-state index in [9.17, 15) is 33.4 Å². The molecule has 0 bridgehead atoms. The maximum atomic E-state index is 13.3. The van der Waals surface area contributed by atoms with Crippen LogP contribution in [0.2, 0.25) is 0 Å². The fourth-order valence-electron chi connectivity index (χ4n) is 6.86. The average molecular weight is 1040 g/mol. The number of phosphoric ester groups is 1. The van der Waals surface area contributed by atoms with Crippen molar-refractivity contribution in [2.45, 2.75) is 38.6 Å². The van der Waals surface area contributed by atoms with Gasteiger partial charge < -0.3 is 63.8 Å². The number of nitrogens with zero attached hydrogens (tertiary/aromatic N) is 1. The Labute approximate surface area is 431 Å². The van der Waals surface area contributed by atoms with E-state index in [4.69, 9.17) is 38.5 Å². The van der Waals surface area contributed by atoms with Crippen LogP contribution >= 0.6 is 7.82 Å². The molecule has 0 fully saturated rings. The van der Waals surface area contributed by atoms with E-state index < -0.39 is 25.7 Å². The lowest BCUT2D eigenvalue weighted by Gasteiger charge is -2.27. The molecule has 2 amide bonds. The van der Waals surface area contributed by atoms with E-state index in [2.05, 4.69) is 16.0 Å². The summed E-state index contributed by atoms with van der Waals surface area (Å²) in [6.07, 6.45) is 2.49. The SMILES string of the molecule is CNc1ccc(Oc2cc(Oc3ccc(NC(=O)c4cccc(C(=O)C(N)CCCCCNC(=O)c5cccc(C(C)=O)c5)c4)cc3)cc(C(=O)OCCOCCOCCOP(=O)([O-])OCC[N+](C)(C)C)c2)cc1. The quantitative estimate of drug-likeness (QED) is 0.0106. The van der Waals surface area contributed by atoms with Gasteiger partial charge in [-0.15, -0.1) is 0 Å². The Bertz CT molecular complexity index is 2700. The molecule has 2 unspecified atom stereocenters. The number of carbonyl (C=O) groups is 5. The highest BCUT2D eigenvalue weighted by molar-refractivity contribution is 7.45. The van der Waals surface area contributed by atoms with E-state index >= 15 is 0 Å². The van der Waals surface area contributed by atoms with Crippen molar-refractivity contribution in [3.05, 3.63) is 143 Å². The number of Topliss-reactive ketones (excluding diaryl/α,β-unsaturated/α-hetero) is 2. The number of ketones is 2. The van der Waals surface area contributed by atoms with Crippen molar-refractivity contribution < 1.29 is 70.6 Å². The van der Waals surface area contributed by atoms with E-state index in [1.165, 1.54) is 25.1 Å². The van der Waals surface area contributed by atoms with Gasteiger partial charge in [0.15, 0.2) is 11.6 Å². The molecule has 20 heteroatoms. The lowest BCUT2D eigenvalue weighted by molar-refractivity contribution is -0.870. The number of ether oxygens (including phenoxy) is 5. The fourth-order valence-corrected chi connectivity index (χ4v) is 7.54. The molecule has 0 aliphatic heterocycles. The maximum absolute atomic E-state index is 13.3. The molecule has 5 aromatic carbocycles. The van der Waals surface area contributed by atoms with Crippen LogP contribution in [0.3, 0.4) is 0 Å². The first kappa shape index (κ1) is 58.1. The van der Waals surface area contributed by atoms with Crippen LogP contribution in [0.4, 0.5) is 11.4 Å². The minimum atomic E-state index is -4.43. The molecule has 5 aromatic rings. The fraction of sp³-hybridized carbons (Fsp3) is 0.352. The van der Waals surface area contributed by atoms with Crippen LogP contribution in [0.5, 0.6) is 23.0 Å². The molecule has 0 aromatic heterocycles. The summed E-state index contributed by atoms with van der Waals surface area (Å²) < 4.78 is 50.7. The van der Waals surface area contributed by atoms with Crippen molar-refractivity contribution >= 4 is 48.5 Å². The second kappa shape index (κ2) is 29.2. The molecule has 74 heavy (non-hydrogen) atoms. The second-order valence-corrected chi connectivity index (χ2v) is 19.3. The van der Waals surface area contributed by atoms with Gasteiger partial charge in [0.2, 0.25) is 0 Å². The number of esters is 1. The summed E-state index contributed by atoms with van der Waals surface area (Å²) in [5.41, 5.74) is 9.21. The van der Waals surface area contributed by atoms with E-state index in [1.807, 2.05) is 33.3 Å². The summed E-state index contributed by atoms with van der Waals surface area (Å²) in [4.78, 5) is 75.9. The Morgan fingerprint density at radius 2 is 1.15 bits per heavy atom. The number of benzene rings is 5.